The van der Waals surface area contributed by atoms with Crippen molar-refractivity contribution in [3.63, 3.8) is 0 Å². The second-order valence-corrected chi connectivity index (χ2v) is 3.66. The SMILES string of the molecule is Sc1[c]c(OCc2ccccc2)ccc1. The Kier molecular flexibility index (Phi) is 3.30. The van der Waals surface area contributed by atoms with Gasteiger partial charge in [0.1, 0.15) is 12.4 Å². The van der Waals surface area contributed by atoms with Crippen LogP contribution >= 0.6 is 12.6 Å². The molecule has 1 radical (unpaired) electrons. The topological polar surface area (TPSA) is 9.23 Å². The first-order valence-electron chi connectivity index (χ1n) is 4.72. The van der Waals surface area contributed by atoms with E-state index in [9.17, 15) is 0 Å². The zero-order valence-electron chi connectivity index (χ0n) is 8.18. The van der Waals surface area contributed by atoms with Crippen LogP contribution in [0.25, 0.3) is 0 Å². The van der Waals surface area contributed by atoms with Gasteiger partial charge in [0.15, 0.2) is 0 Å². The van der Waals surface area contributed by atoms with Crippen molar-refractivity contribution in [3.05, 3.63) is 60.2 Å². The Morgan fingerprint density at radius 1 is 1.00 bits per heavy atom. The first kappa shape index (κ1) is 10.1. The molecule has 0 atom stereocenters. The third-order valence-corrected chi connectivity index (χ3v) is 2.25. The van der Waals surface area contributed by atoms with Crippen LogP contribution in [0.3, 0.4) is 0 Å². The summed E-state index contributed by atoms with van der Waals surface area (Å²) in [4.78, 5) is 0.792. The number of thiol groups is 1. The minimum Gasteiger partial charge on any atom is -0.488 e. The van der Waals surface area contributed by atoms with Crippen LogP contribution in [-0.2, 0) is 6.61 Å². The highest BCUT2D eigenvalue weighted by molar-refractivity contribution is 7.80. The predicted octanol–water partition coefficient (Wildman–Crippen LogP) is 3.35. The number of ether oxygens (including phenoxy) is 1. The van der Waals surface area contributed by atoms with Crippen LogP contribution in [0.1, 0.15) is 5.56 Å². The first-order valence-corrected chi connectivity index (χ1v) is 5.17. The monoisotopic (exact) mass is 215 g/mol. The van der Waals surface area contributed by atoms with Gasteiger partial charge in [-0.1, -0.05) is 36.4 Å². The lowest BCUT2D eigenvalue weighted by Crippen LogP contribution is -1.94. The summed E-state index contributed by atoms with van der Waals surface area (Å²) in [5, 5.41) is 0. The van der Waals surface area contributed by atoms with Gasteiger partial charge in [-0.2, -0.15) is 0 Å². The Morgan fingerprint density at radius 3 is 2.53 bits per heavy atom. The zero-order valence-corrected chi connectivity index (χ0v) is 9.08. The summed E-state index contributed by atoms with van der Waals surface area (Å²) in [7, 11) is 0. The smallest absolute Gasteiger partial charge is 0.128 e. The summed E-state index contributed by atoms with van der Waals surface area (Å²) >= 11 is 4.20. The minimum absolute atomic E-state index is 0.564. The molecule has 0 fully saturated rings. The lowest BCUT2D eigenvalue weighted by Gasteiger charge is -2.05. The molecule has 0 unspecified atom stereocenters. The summed E-state index contributed by atoms with van der Waals surface area (Å²) in [5.41, 5.74) is 1.15. The van der Waals surface area contributed by atoms with Crippen molar-refractivity contribution in [2.24, 2.45) is 0 Å². The summed E-state index contributed by atoms with van der Waals surface area (Å²) < 4.78 is 5.57. The first-order chi connectivity index (χ1) is 7.34. The van der Waals surface area contributed by atoms with E-state index in [0.29, 0.717) is 6.61 Å². The van der Waals surface area contributed by atoms with Gasteiger partial charge in [-0.25, -0.2) is 0 Å². The van der Waals surface area contributed by atoms with Gasteiger partial charge in [0, 0.05) is 11.0 Å². The fourth-order valence-electron chi connectivity index (χ4n) is 1.26. The van der Waals surface area contributed by atoms with Gasteiger partial charge in [-0.3, -0.25) is 0 Å². The van der Waals surface area contributed by atoms with E-state index in [4.69, 9.17) is 4.74 Å². The molecular formula is C13H11OS. The summed E-state index contributed by atoms with van der Waals surface area (Å²) in [6, 6.07) is 18.7. The van der Waals surface area contributed by atoms with Crippen molar-refractivity contribution in [1.82, 2.24) is 0 Å². The highest BCUT2D eigenvalue weighted by Crippen LogP contribution is 2.16. The van der Waals surface area contributed by atoms with Crippen molar-refractivity contribution >= 4 is 12.6 Å². The summed E-state index contributed by atoms with van der Waals surface area (Å²) in [6.07, 6.45) is 0. The van der Waals surface area contributed by atoms with Crippen LogP contribution in [0.15, 0.2) is 53.4 Å². The average molecular weight is 215 g/mol. The average Bonchev–Trinajstić information content (AvgIpc) is 2.28. The third-order valence-electron chi connectivity index (χ3n) is 1.99. The lowest BCUT2D eigenvalue weighted by atomic mass is 10.2. The molecule has 0 bridgehead atoms. The van der Waals surface area contributed by atoms with Gasteiger partial charge >= 0.3 is 0 Å². The molecule has 0 amide bonds. The zero-order chi connectivity index (χ0) is 10.5. The Bertz CT molecular complexity index is 426. The maximum atomic E-state index is 5.57. The third kappa shape index (κ3) is 3.03. The molecule has 0 heterocycles. The van der Waals surface area contributed by atoms with Gasteiger partial charge in [-0.15, -0.1) is 12.6 Å². The maximum Gasteiger partial charge on any atom is 0.128 e. The van der Waals surface area contributed by atoms with Crippen molar-refractivity contribution in [2.75, 3.05) is 0 Å². The Hall–Kier alpha value is -1.41. The molecule has 2 rings (SSSR count). The van der Waals surface area contributed by atoms with E-state index in [1.165, 1.54) is 0 Å². The second kappa shape index (κ2) is 4.89. The van der Waals surface area contributed by atoms with E-state index < -0.39 is 0 Å². The molecule has 2 heteroatoms. The van der Waals surface area contributed by atoms with Crippen LogP contribution in [0, 0.1) is 6.07 Å². The van der Waals surface area contributed by atoms with Crippen molar-refractivity contribution in [3.8, 4) is 5.75 Å². The van der Waals surface area contributed by atoms with Gasteiger partial charge in [0.2, 0.25) is 0 Å². The van der Waals surface area contributed by atoms with Gasteiger partial charge in [0.25, 0.3) is 0 Å². The van der Waals surface area contributed by atoms with Crippen molar-refractivity contribution in [1.29, 1.82) is 0 Å². The lowest BCUT2D eigenvalue weighted by molar-refractivity contribution is 0.305. The molecule has 0 aromatic heterocycles. The van der Waals surface area contributed by atoms with E-state index in [0.717, 1.165) is 16.2 Å². The fourth-order valence-corrected chi connectivity index (χ4v) is 1.45. The number of hydrogen-bond donors (Lipinski definition) is 1. The van der Waals surface area contributed by atoms with Crippen LogP contribution in [0.5, 0.6) is 5.75 Å². The quantitative estimate of drug-likeness (QED) is 0.772. The number of hydrogen-bond acceptors (Lipinski definition) is 2. The summed E-state index contributed by atoms with van der Waals surface area (Å²) in [5.74, 6) is 0.728. The molecule has 0 N–H and O–H groups in total. The van der Waals surface area contributed by atoms with Gasteiger partial charge in [0.05, 0.1) is 0 Å². The van der Waals surface area contributed by atoms with Gasteiger partial charge < -0.3 is 4.74 Å². The van der Waals surface area contributed by atoms with Crippen molar-refractivity contribution < 1.29 is 4.74 Å². The van der Waals surface area contributed by atoms with Crippen LogP contribution in [0.4, 0.5) is 0 Å². The highest BCUT2D eigenvalue weighted by Gasteiger charge is 1.95. The molecule has 0 saturated heterocycles. The highest BCUT2D eigenvalue weighted by atomic mass is 32.1. The van der Waals surface area contributed by atoms with E-state index in [-0.39, 0.29) is 0 Å². The molecule has 75 valence electrons. The molecule has 15 heavy (non-hydrogen) atoms. The van der Waals surface area contributed by atoms with Crippen molar-refractivity contribution in [2.45, 2.75) is 11.5 Å². The van der Waals surface area contributed by atoms with E-state index >= 15 is 0 Å². The Balaban J connectivity index is 1.99. The van der Waals surface area contributed by atoms with E-state index in [1.807, 2.05) is 48.5 Å². The summed E-state index contributed by atoms with van der Waals surface area (Å²) in [6.45, 7) is 0.564. The van der Waals surface area contributed by atoms with E-state index in [2.05, 4.69) is 18.7 Å². The van der Waals surface area contributed by atoms with Gasteiger partial charge in [-0.05, 0) is 17.7 Å². The maximum absolute atomic E-state index is 5.57. The second-order valence-electron chi connectivity index (χ2n) is 3.17. The van der Waals surface area contributed by atoms with Crippen LogP contribution < -0.4 is 4.74 Å². The largest absolute Gasteiger partial charge is 0.488 e. The molecule has 0 aliphatic heterocycles. The predicted molar refractivity (Wildman–Crippen MR) is 63.3 cm³/mol. The Labute approximate surface area is 95.1 Å². The number of rotatable bonds is 3. The standard InChI is InChI=1S/C13H11OS/c15-13-8-4-7-12(9-13)14-10-11-5-2-1-3-6-11/h1-8,15H,10H2. The van der Waals surface area contributed by atoms with Crippen LogP contribution in [0.2, 0.25) is 0 Å². The van der Waals surface area contributed by atoms with E-state index in [1.54, 1.807) is 0 Å². The molecule has 0 aliphatic rings. The fraction of sp³-hybridized carbons (Fsp3) is 0.0769. The molecule has 0 spiro atoms. The normalized spacial score (nSPS) is 9.93. The molecule has 0 aliphatic carbocycles. The molecular weight excluding hydrogens is 204 g/mol. The minimum atomic E-state index is 0.564. The number of benzene rings is 2. The molecule has 2 aromatic carbocycles. The molecule has 0 saturated carbocycles. The van der Waals surface area contributed by atoms with Crippen LogP contribution in [-0.4, -0.2) is 0 Å². The molecule has 1 nitrogen and oxygen atoms in total. The molecule has 2 aromatic rings. The Morgan fingerprint density at radius 2 is 1.80 bits per heavy atom.